The maximum atomic E-state index is 13.2. The summed E-state index contributed by atoms with van der Waals surface area (Å²) in [5.74, 6) is 6.24. The summed E-state index contributed by atoms with van der Waals surface area (Å²) in [4.78, 5) is 0. The van der Waals surface area contributed by atoms with Crippen molar-refractivity contribution in [3.63, 3.8) is 0 Å². The minimum atomic E-state index is -1.67. The number of methoxy groups -OCH3 is 1. The summed E-state index contributed by atoms with van der Waals surface area (Å²) in [5.41, 5.74) is -0.0170. The predicted octanol–water partition coefficient (Wildman–Crippen LogP) is 3.82. The molecule has 0 aliphatic rings. The van der Waals surface area contributed by atoms with Crippen molar-refractivity contribution in [1.82, 2.24) is 0 Å². The number of ether oxygens (including phenoxy) is 1. The van der Waals surface area contributed by atoms with Crippen molar-refractivity contribution in [2.24, 2.45) is 0 Å². The zero-order valence-corrected chi connectivity index (χ0v) is 13.4. The third-order valence-corrected chi connectivity index (χ3v) is 3.34. The van der Waals surface area contributed by atoms with Crippen molar-refractivity contribution in [3.05, 3.63) is 29.6 Å². The molecule has 0 saturated carbocycles. The predicted molar refractivity (Wildman–Crippen MR) is 78.3 cm³/mol. The topological polar surface area (TPSA) is 18.5 Å². The van der Waals surface area contributed by atoms with E-state index < -0.39 is 13.9 Å². The third-order valence-electron chi connectivity index (χ3n) is 2.22. The second-order valence-corrected chi connectivity index (χ2v) is 10.2. The van der Waals surface area contributed by atoms with Crippen molar-refractivity contribution >= 4 is 8.32 Å². The fraction of sp³-hybridized carbons (Fsp3) is 0.467. The maximum absolute atomic E-state index is 13.2. The Bertz CT molecular complexity index is 507. The van der Waals surface area contributed by atoms with Crippen LogP contribution < -0.4 is 4.74 Å². The molecule has 0 spiro atoms. The van der Waals surface area contributed by atoms with Crippen LogP contribution in [-0.4, -0.2) is 21.0 Å². The minimum absolute atomic E-state index is 0.325. The monoisotopic (exact) mass is 280 g/mol. The summed E-state index contributed by atoms with van der Waals surface area (Å²) in [7, 11) is -0.128. The summed E-state index contributed by atoms with van der Waals surface area (Å²) < 4.78 is 24.4. The molecule has 0 atom stereocenters. The number of hydrogen-bond acceptors (Lipinski definition) is 2. The van der Waals surface area contributed by atoms with E-state index in [1.165, 1.54) is 12.1 Å². The third kappa shape index (κ3) is 5.46. The molecule has 0 aliphatic heterocycles. The standard InChI is InChI=1S/C15H21FO2Si/c1-15(2,18-19(4,5)6)10-9-12-11-13(16)7-8-14(12)17-3/h7-8,11H,1-6H3. The molecule has 0 aromatic heterocycles. The van der Waals surface area contributed by atoms with Gasteiger partial charge in [0.25, 0.3) is 0 Å². The van der Waals surface area contributed by atoms with Gasteiger partial charge in [-0.3, -0.25) is 0 Å². The highest BCUT2D eigenvalue weighted by atomic mass is 28.4. The van der Waals surface area contributed by atoms with Gasteiger partial charge in [-0.1, -0.05) is 11.8 Å². The Kier molecular flexibility index (Phi) is 4.78. The van der Waals surface area contributed by atoms with Crippen LogP contribution in [-0.2, 0) is 4.43 Å². The molecule has 104 valence electrons. The van der Waals surface area contributed by atoms with Crippen molar-refractivity contribution in [3.8, 4) is 17.6 Å². The molecule has 0 heterocycles. The Labute approximate surface area is 116 Å². The van der Waals surface area contributed by atoms with Gasteiger partial charge in [-0.25, -0.2) is 4.39 Å². The highest BCUT2D eigenvalue weighted by Crippen LogP contribution is 2.20. The fourth-order valence-electron chi connectivity index (χ4n) is 1.79. The smallest absolute Gasteiger partial charge is 0.185 e. The van der Waals surface area contributed by atoms with E-state index >= 15 is 0 Å². The molecular formula is C15H21FO2Si. The first kappa shape index (κ1) is 15.7. The highest BCUT2D eigenvalue weighted by Gasteiger charge is 2.25. The van der Waals surface area contributed by atoms with Crippen molar-refractivity contribution in [1.29, 1.82) is 0 Å². The largest absolute Gasteiger partial charge is 0.495 e. The maximum Gasteiger partial charge on any atom is 0.185 e. The molecule has 0 N–H and O–H groups in total. The lowest BCUT2D eigenvalue weighted by atomic mass is 10.1. The molecule has 0 radical (unpaired) electrons. The van der Waals surface area contributed by atoms with Gasteiger partial charge in [0.1, 0.15) is 17.2 Å². The van der Waals surface area contributed by atoms with Gasteiger partial charge in [-0.05, 0) is 51.7 Å². The molecule has 0 unspecified atom stereocenters. The molecular weight excluding hydrogens is 259 g/mol. The van der Waals surface area contributed by atoms with Crippen LogP contribution in [0.5, 0.6) is 5.75 Å². The summed E-state index contributed by atoms with van der Waals surface area (Å²) in [6.07, 6.45) is 0. The first-order valence-corrected chi connectivity index (χ1v) is 9.61. The molecule has 0 bridgehead atoms. The second-order valence-electron chi connectivity index (χ2n) is 5.82. The Morgan fingerprint density at radius 3 is 2.37 bits per heavy atom. The van der Waals surface area contributed by atoms with Crippen molar-refractivity contribution in [2.45, 2.75) is 39.1 Å². The van der Waals surface area contributed by atoms with Gasteiger partial charge >= 0.3 is 0 Å². The van der Waals surface area contributed by atoms with Crippen LogP contribution in [0.2, 0.25) is 19.6 Å². The number of benzene rings is 1. The highest BCUT2D eigenvalue weighted by molar-refractivity contribution is 6.69. The average molecular weight is 280 g/mol. The van der Waals surface area contributed by atoms with Crippen molar-refractivity contribution < 1.29 is 13.6 Å². The molecule has 0 saturated heterocycles. The van der Waals surface area contributed by atoms with Gasteiger partial charge in [0, 0.05) is 0 Å². The molecule has 1 aromatic rings. The van der Waals surface area contributed by atoms with E-state index in [9.17, 15) is 4.39 Å². The molecule has 4 heteroatoms. The Morgan fingerprint density at radius 2 is 1.84 bits per heavy atom. The molecule has 2 nitrogen and oxygen atoms in total. The molecule has 1 rings (SSSR count). The average Bonchev–Trinajstić information content (AvgIpc) is 2.23. The van der Waals surface area contributed by atoms with E-state index in [2.05, 4.69) is 31.5 Å². The Balaban J connectivity index is 3.03. The zero-order chi connectivity index (χ0) is 14.7. The quantitative estimate of drug-likeness (QED) is 0.619. The van der Waals surface area contributed by atoms with Crippen LogP contribution in [0.25, 0.3) is 0 Å². The van der Waals surface area contributed by atoms with Crippen molar-refractivity contribution in [2.75, 3.05) is 7.11 Å². The molecule has 0 aliphatic carbocycles. The summed E-state index contributed by atoms with van der Waals surface area (Å²) in [6.45, 7) is 10.2. The minimum Gasteiger partial charge on any atom is -0.495 e. The SMILES string of the molecule is COc1ccc(F)cc1C#CC(C)(C)O[Si](C)(C)C. The second kappa shape index (κ2) is 5.77. The summed E-state index contributed by atoms with van der Waals surface area (Å²) in [6, 6.07) is 4.30. The van der Waals surface area contributed by atoms with Gasteiger partial charge in [-0.15, -0.1) is 0 Å². The van der Waals surface area contributed by atoms with Gasteiger partial charge < -0.3 is 9.16 Å². The van der Waals surface area contributed by atoms with Gasteiger partial charge in [0.05, 0.1) is 12.7 Å². The lowest BCUT2D eigenvalue weighted by molar-refractivity contribution is 0.164. The van der Waals surface area contributed by atoms with E-state index in [4.69, 9.17) is 9.16 Å². The normalized spacial score (nSPS) is 11.7. The van der Waals surface area contributed by atoms with Gasteiger partial charge in [0.15, 0.2) is 8.32 Å². The summed E-state index contributed by atoms with van der Waals surface area (Å²) >= 11 is 0. The van der Waals surface area contributed by atoms with E-state index in [1.807, 2.05) is 13.8 Å². The Hall–Kier alpha value is -1.31. The zero-order valence-electron chi connectivity index (χ0n) is 12.4. The Morgan fingerprint density at radius 1 is 1.21 bits per heavy atom. The fourth-order valence-corrected chi connectivity index (χ4v) is 3.37. The van der Waals surface area contributed by atoms with E-state index in [-0.39, 0.29) is 5.82 Å². The number of halogens is 1. The van der Waals surface area contributed by atoms with E-state index in [0.29, 0.717) is 11.3 Å². The van der Waals surface area contributed by atoms with E-state index in [1.54, 1.807) is 13.2 Å². The molecule has 19 heavy (non-hydrogen) atoms. The van der Waals surface area contributed by atoms with Crippen LogP contribution in [0.3, 0.4) is 0 Å². The van der Waals surface area contributed by atoms with Gasteiger partial charge in [0.2, 0.25) is 0 Å². The number of rotatable bonds is 3. The first-order chi connectivity index (χ1) is 8.63. The van der Waals surface area contributed by atoms with Crippen LogP contribution in [0.1, 0.15) is 19.4 Å². The molecule has 1 aromatic carbocycles. The van der Waals surface area contributed by atoms with Crippen LogP contribution >= 0.6 is 0 Å². The summed E-state index contributed by atoms with van der Waals surface area (Å²) in [5, 5.41) is 0. The molecule has 0 fully saturated rings. The van der Waals surface area contributed by atoms with Crippen LogP contribution in [0.4, 0.5) is 4.39 Å². The van der Waals surface area contributed by atoms with E-state index in [0.717, 1.165) is 0 Å². The van der Waals surface area contributed by atoms with Crippen LogP contribution in [0, 0.1) is 17.7 Å². The number of hydrogen-bond donors (Lipinski definition) is 0. The first-order valence-electron chi connectivity index (χ1n) is 6.20. The lowest BCUT2D eigenvalue weighted by Gasteiger charge is -2.28. The van der Waals surface area contributed by atoms with Gasteiger partial charge in [-0.2, -0.15) is 0 Å². The lowest BCUT2D eigenvalue weighted by Crippen LogP contribution is -2.37. The van der Waals surface area contributed by atoms with Crippen LogP contribution in [0.15, 0.2) is 18.2 Å². The molecule has 0 amide bonds.